The highest BCUT2D eigenvalue weighted by Crippen LogP contribution is 2.40. The minimum absolute atomic E-state index is 0.243. The van der Waals surface area contributed by atoms with E-state index in [1.165, 1.54) is 32.1 Å². The fraction of sp³-hybridized carbons (Fsp3) is 0.808. The van der Waals surface area contributed by atoms with Crippen LogP contribution in [0.3, 0.4) is 0 Å². The molecule has 0 unspecified atom stereocenters. The highest BCUT2D eigenvalue weighted by Gasteiger charge is 2.36. The van der Waals surface area contributed by atoms with Crippen LogP contribution in [-0.4, -0.2) is 108 Å². The minimum Gasteiger partial charge on any atom is -0.378 e. The molecule has 5 fully saturated rings. The van der Waals surface area contributed by atoms with Gasteiger partial charge < -0.3 is 34.7 Å². The van der Waals surface area contributed by atoms with Gasteiger partial charge in [-0.1, -0.05) is 0 Å². The summed E-state index contributed by atoms with van der Waals surface area (Å²) in [6.45, 7) is 12.9. The van der Waals surface area contributed by atoms with Gasteiger partial charge in [-0.15, -0.1) is 0 Å². The summed E-state index contributed by atoms with van der Waals surface area (Å²) in [5.41, 5.74) is 2.12. The molecule has 1 aromatic heterocycles. The van der Waals surface area contributed by atoms with Gasteiger partial charge in [-0.2, -0.15) is 11.8 Å². The number of nitrogens with zero attached hydrogens (tertiary/aromatic N) is 6. The number of anilines is 4. The monoisotopic (exact) mass is 517 g/mol. The van der Waals surface area contributed by atoms with Crippen LogP contribution in [-0.2, 0) is 4.74 Å². The average molecular weight is 518 g/mol. The number of hydrogen-bond acceptors (Lipinski definition) is 9. The molecule has 9 nitrogen and oxygen atoms in total. The number of piperidine rings is 1. The summed E-state index contributed by atoms with van der Waals surface area (Å²) in [7, 11) is 0. The van der Waals surface area contributed by atoms with Gasteiger partial charge in [-0.05, 0) is 32.1 Å². The van der Waals surface area contributed by atoms with Crippen LogP contribution in [0.25, 0.3) is 0 Å². The molecule has 0 bridgehead atoms. The summed E-state index contributed by atoms with van der Waals surface area (Å²) in [6.07, 6.45) is 6.13. The minimum atomic E-state index is 0.243. The van der Waals surface area contributed by atoms with Gasteiger partial charge in [0.2, 0.25) is 5.43 Å². The molecular formula is C26H43N7O2S. The van der Waals surface area contributed by atoms with E-state index in [1.54, 1.807) is 0 Å². The van der Waals surface area contributed by atoms with Gasteiger partial charge in [0.05, 0.1) is 13.2 Å². The van der Waals surface area contributed by atoms with Crippen LogP contribution in [0.1, 0.15) is 32.1 Å². The van der Waals surface area contributed by atoms with Crippen LogP contribution in [0.4, 0.5) is 23.0 Å². The SMILES string of the molecule is O=c1c(N2CCOCC2)c(N2CCCC2)n(N2CCCCC2)c(N2CCNCC2)c1N1CCSCC1. The zero-order valence-corrected chi connectivity index (χ0v) is 22.6. The van der Waals surface area contributed by atoms with E-state index in [1.807, 2.05) is 11.8 Å². The Morgan fingerprint density at radius 2 is 1.17 bits per heavy atom. The van der Waals surface area contributed by atoms with Gasteiger partial charge in [-0.25, -0.2) is 4.68 Å². The maximum Gasteiger partial charge on any atom is 0.232 e. The van der Waals surface area contributed by atoms with Crippen molar-refractivity contribution in [3.63, 3.8) is 0 Å². The van der Waals surface area contributed by atoms with Crippen LogP contribution >= 0.6 is 11.8 Å². The number of piperazine rings is 1. The first-order valence-electron chi connectivity index (χ1n) is 14.3. The Kier molecular flexibility index (Phi) is 7.71. The third kappa shape index (κ3) is 4.76. The summed E-state index contributed by atoms with van der Waals surface area (Å²) in [6, 6.07) is 0. The highest BCUT2D eigenvalue weighted by atomic mass is 32.2. The fourth-order valence-corrected chi connectivity index (χ4v) is 7.38. The molecule has 1 aromatic rings. The van der Waals surface area contributed by atoms with E-state index in [0.717, 1.165) is 113 Å². The first-order valence-corrected chi connectivity index (χ1v) is 15.4. The van der Waals surface area contributed by atoms with Gasteiger partial charge in [0.15, 0.2) is 11.6 Å². The molecule has 36 heavy (non-hydrogen) atoms. The molecular weight excluding hydrogens is 474 g/mol. The van der Waals surface area contributed by atoms with Crippen molar-refractivity contribution in [3.05, 3.63) is 10.2 Å². The largest absolute Gasteiger partial charge is 0.378 e. The maximum absolute atomic E-state index is 14.8. The molecule has 0 aromatic carbocycles. The number of hydrogen-bond donors (Lipinski definition) is 1. The third-order valence-corrected chi connectivity index (χ3v) is 9.29. The molecule has 0 atom stereocenters. The Hall–Kier alpha value is -1.78. The lowest BCUT2D eigenvalue weighted by Gasteiger charge is -2.45. The zero-order valence-electron chi connectivity index (χ0n) is 21.8. The molecule has 200 valence electrons. The second-order valence-electron chi connectivity index (χ2n) is 10.6. The topological polar surface area (TPSA) is 59.5 Å². The molecule has 0 spiro atoms. The number of thioether (sulfide) groups is 1. The van der Waals surface area contributed by atoms with Gasteiger partial charge in [-0.3, -0.25) is 4.79 Å². The van der Waals surface area contributed by atoms with Gasteiger partial charge in [0.25, 0.3) is 0 Å². The second kappa shape index (κ2) is 11.3. The van der Waals surface area contributed by atoms with E-state index in [0.29, 0.717) is 13.2 Å². The summed E-state index contributed by atoms with van der Waals surface area (Å²) >= 11 is 2.01. The van der Waals surface area contributed by atoms with Gasteiger partial charge in [0.1, 0.15) is 11.4 Å². The summed E-state index contributed by atoms with van der Waals surface area (Å²) in [5, 5.41) is 6.12. The van der Waals surface area contributed by atoms with E-state index in [2.05, 4.69) is 34.6 Å². The van der Waals surface area contributed by atoms with Crippen LogP contribution in [0.5, 0.6) is 0 Å². The lowest BCUT2D eigenvalue weighted by Crippen LogP contribution is -2.52. The normalized spacial score (nSPS) is 24.1. The average Bonchev–Trinajstić information content (AvgIpc) is 3.49. The molecule has 0 saturated carbocycles. The third-order valence-electron chi connectivity index (χ3n) is 8.35. The van der Waals surface area contributed by atoms with E-state index < -0.39 is 0 Å². The molecule has 10 heteroatoms. The van der Waals surface area contributed by atoms with Crippen molar-refractivity contribution >= 4 is 34.8 Å². The summed E-state index contributed by atoms with van der Waals surface area (Å²) in [4.78, 5) is 24.6. The number of nitrogens with one attached hydrogen (secondary N) is 1. The molecule has 0 aliphatic carbocycles. The van der Waals surface area contributed by atoms with E-state index in [4.69, 9.17) is 4.74 Å². The maximum atomic E-state index is 14.8. The Morgan fingerprint density at radius 3 is 1.81 bits per heavy atom. The van der Waals surface area contributed by atoms with E-state index in [9.17, 15) is 4.79 Å². The predicted octanol–water partition coefficient (Wildman–Crippen LogP) is 1.37. The van der Waals surface area contributed by atoms with E-state index in [-0.39, 0.29) is 5.43 Å². The molecule has 0 radical (unpaired) electrons. The molecule has 5 saturated heterocycles. The molecule has 6 rings (SSSR count). The lowest BCUT2D eigenvalue weighted by atomic mass is 10.1. The lowest BCUT2D eigenvalue weighted by molar-refractivity contribution is 0.122. The Balaban J connectivity index is 1.62. The fourth-order valence-electron chi connectivity index (χ4n) is 6.48. The van der Waals surface area contributed by atoms with Crippen molar-refractivity contribution in [1.29, 1.82) is 0 Å². The Morgan fingerprint density at radius 1 is 0.611 bits per heavy atom. The van der Waals surface area contributed by atoms with Crippen molar-refractivity contribution in [2.75, 3.05) is 128 Å². The second-order valence-corrected chi connectivity index (χ2v) is 11.9. The van der Waals surface area contributed by atoms with Crippen LogP contribution < -0.4 is 35.4 Å². The quantitative estimate of drug-likeness (QED) is 0.624. The first-order chi connectivity index (χ1) is 17.8. The number of morpholine rings is 1. The Labute approximate surface area is 219 Å². The number of ether oxygens (including phenoxy) is 1. The number of aromatic nitrogens is 1. The van der Waals surface area contributed by atoms with Gasteiger partial charge >= 0.3 is 0 Å². The van der Waals surface area contributed by atoms with Crippen LogP contribution in [0.15, 0.2) is 4.79 Å². The molecule has 6 heterocycles. The molecule has 5 aliphatic rings. The van der Waals surface area contributed by atoms with Crippen LogP contribution in [0.2, 0.25) is 0 Å². The van der Waals surface area contributed by atoms with Crippen molar-refractivity contribution in [1.82, 2.24) is 9.99 Å². The summed E-state index contributed by atoms with van der Waals surface area (Å²) < 4.78 is 8.29. The molecule has 1 N–H and O–H groups in total. The predicted molar refractivity (Wildman–Crippen MR) is 152 cm³/mol. The molecule has 5 aliphatic heterocycles. The number of rotatable bonds is 5. The van der Waals surface area contributed by atoms with Crippen molar-refractivity contribution < 1.29 is 4.74 Å². The van der Waals surface area contributed by atoms with Crippen molar-refractivity contribution in [3.8, 4) is 0 Å². The summed E-state index contributed by atoms with van der Waals surface area (Å²) in [5.74, 6) is 4.50. The Bertz CT molecular complexity index is 943. The number of pyridine rings is 1. The molecule has 0 amide bonds. The van der Waals surface area contributed by atoms with Crippen molar-refractivity contribution in [2.24, 2.45) is 0 Å². The van der Waals surface area contributed by atoms with Crippen LogP contribution in [0, 0.1) is 0 Å². The smallest absolute Gasteiger partial charge is 0.232 e. The van der Waals surface area contributed by atoms with Crippen molar-refractivity contribution in [2.45, 2.75) is 32.1 Å². The van der Waals surface area contributed by atoms with E-state index >= 15 is 0 Å². The zero-order chi connectivity index (χ0) is 24.3. The highest BCUT2D eigenvalue weighted by molar-refractivity contribution is 7.99. The standard InChI is InChI=1S/C26H43N7O2S/c34-24-22(28-14-18-35-19-15-28)25(30-8-4-5-9-30)33(32-10-2-1-3-11-32)26(31-12-6-27-7-13-31)23(24)29-16-20-36-21-17-29/h27H,1-21H2. The van der Waals surface area contributed by atoms with Gasteiger partial charge in [0, 0.05) is 90.0 Å². The first kappa shape index (κ1) is 24.6.